The molecule has 0 aliphatic rings. The van der Waals surface area contributed by atoms with Gasteiger partial charge in [0.25, 0.3) is 0 Å². The Labute approximate surface area is 136 Å². The van der Waals surface area contributed by atoms with Crippen molar-refractivity contribution in [2.75, 3.05) is 20.8 Å². The molecule has 0 atom stereocenters. The normalized spacial score (nSPS) is 10.5. The first-order valence-corrected chi connectivity index (χ1v) is 7.30. The van der Waals surface area contributed by atoms with Gasteiger partial charge in [-0.25, -0.2) is 0 Å². The lowest BCUT2D eigenvalue weighted by molar-refractivity contribution is -0.116. The first-order chi connectivity index (χ1) is 11.2. The van der Waals surface area contributed by atoms with Crippen molar-refractivity contribution in [1.82, 2.24) is 10.3 Å². The number of rotatable bonds is 7. The molecule has 120 valence electrons. The number of pyridine rings is 1. The molecule has 1 aromatic carbocycles. The van der Waals surface area contributed by atoms with Gasteiger partial charge in [-0.1, -0.05) is 6.07 Å². The lowest BCUT2D eigenvalue weighted by Gasteiger charge is -2.10. The number of methoxy groups -OCH3 is 2. The molecule has 0 aliphatic heterocycles. The van der Waals surface area contributed by atoms with Gasteiger partial charge in [0.1, 0.15) is 11.5 Å². The molecule has 0 radical (unpaired) electrons. The Balaban J connectivity index is 1.87. The molecule has 0 unspecified atom stereocenters. The van der Waals surface area contributed by atoms with Gasteiger partial charge >= 0.3 is 0 Å². The van der Waals surface area contributed by atoms with Crippen molar-refractivity contribution in [3.63, 3.8) is 0 Å². The van der Waals surface area contributed by atoms with Crippen molar-refractivity contribution in [2.24, 2.45) is 0 Å². The maximum Gasteiger partial charge on any atom is 0.244 e. The highest BCUT2D eigenvalue weighted by Gasteiger charge is 2.05. The molecular formula is C18H20N2O3. The molecule has 2 aromatic rings. The summed E-state index contributed by atoms with van der Waals surface area (Å²) in [7, 11) is 3.25. The van der Waals surface area contributed by atoms with Crippen LogP contribution in [0.1, 0.15) is 11.1 Å². The molecule has 0 saturated heterocycles. The monoisotopic (exact) mass is 312 g/mol. The third-order valence-electron chi connectivity index (χ3n) is 3.29. The molecule has 0 saturated carbocycles. The number of benzene rings is 1. The van der Waals surface area contributed by atoms with Gasteiger partial charge in [-0.3, -0.25) is 9.78 Å². The van der Waals surface area contributed by atoms with E-state index in [0.717, 1.165) is 22.6 Å². The second kappa shape index (κ2) is 8.58. The smallest absolute Gasteiger partial charge is 0.244 e. The van der Waals surface area contributed by atoms with Crippen molar-refractivity contribution >= 4 is 12.0 Å². The van der Waals surface area contributed by atoms with E-state index in [1.54, 1.807) is 32.7 Å². The molecule has 5 nitrogen and oxygen atoms in total. The van der Waals surface area contributed by atoms with Gasteiger partial charge in [0.15, 0.2) is 0 Å². The first-order valence-electron chi connectivity index (χ1n) is 7.30. The van der Waals surface area contributed by atoms with Gasteiger partial charge in [0.05, 0.1) is 14.2 Å². The van der Waals surface area contributed by atoms with Gasteiger partial charge in [0.2, 0.25) is 5.91 Å². The first kappa shape index (κ1) is 16.5. The summed E-state index contributed by atoms with van der Waals surface area (Å²) in [6.45, 7) is 0.514. The SMILES string of the molecule is COc1ccc(OC)c(CCNC(=O)/C=C/c2cccnc2)c1. The van der Waals surface area contributed by atoms with Crippen LogP contribution in [0, 0.1) is 0 Å². The van der Waals surface area contributed by atoms with Crippen LogP contribution in [0.25, 0.3) is 6.08 Å². The van der Waals surface area contributed by atoms with Crippen molar-refractivity contribution in [3.8, 4) is 11.5 Å². The minimum Gasteiger partial charge on any atom is -0.497 e. The van der Waals surface area contributed by atoms with Crippen molar-refractivity contribution in [2.45, 2.75) is 6.42 Å². The lowest BCUT2D eigenvalue weighted by atomic mass is 10.1. The molecular weight excluding hydrogens is 292 g/mol. The molecule has 2 rings (SSSR count). The summed E-state index contributed by atoms with van der Waals surface area (Å²) < 4.78 is 10.5. The number of nitrogens with zero attached hydrogens (tertiary/aromatic N) is 1. The van der Waals surface area contributed by atoms with Crippen LogP contribution in [-0.4, -0.2) is 31.7 Å². The zero-order valence-electron chi connectivity index (χ0n) is 13.3. The number of ether oxygens (including phenoxy) is 2. The quantitative estimate of drug-likeness (QED) is 0.798. The summed E-state index contributed by atoms with van der Waals surface area (Å²) in [5.41, 5.74) is 1.88. The van der Waals surface area contributed by atoms with Crippen molar-refractivity contribution in [3.05, 3.63) is 59.9 Å². The summed E-state index contributed by atoms with van der Waals surface area (Å²) in [5.74, 6) is 1.41. The molecule has 1 N–H and O–H groups in total. The topological polar surface area (TPSA) is 60.5 Å². The van der Waals surface area contributed by atoms with Crippen LogP contribution in [0.3, 0.4) is 0 Å². The largest absolute Gasteiger partial charge is 0.497 e. The van der Waals surface area contributed by atoms with E-state index < -0.39 is 0 Å². The highest BCUT2D eigenvalue weighted by atomic mass is 16.5. The standard InChI is InChI=1S/C18H20N2O3/c1-22-16-6-7-17(23-2)15(12-16)9-11-20-18(21)8-5-14-4-3-10-19-13-14/h3-8,10,12-13H,9,11H2,1-2H3,(H,20,21)/b8-5+. The van der Waals surface area contributed by atoms with Gasteiger partial charge in [-0.15, -0.1) is 0 Å². The number of hydrogen-bond acceptors (Lipinski definition) is 4. The van der Waals surface area contributed by atoms with Crippen LogP contribution < -0.4 is 14.8 Å². The van der Waals surface area contributed by atoms with E-state index in [9.17, 15) is 4.79 Å². The minimum absolute atomic E-state index is 0.143. The van der Waals surface area contributed by atoms with E-state index in [1.807, 2.05) is 30.3 Å². The van der Waals surface area contributed by atoms with Crippen molar-refractivity contribution < 1.29 is 14.3 Å². The third-order valence-corrected chi connectivity index (χ3v) is 3.29. The second-order valence-electron chi connectivity index (χ2n) is 4.84. The van der Waals surface area contributed by atoms with E-state index in [-0.39, 0.29) is 5.91 Å². The number of carbonyl (C=O) groups is 1. The predicted octanol–water partition coefficient (Wildman–Crippen LogP) is 2.47. The highest BCUT2D eigenvalue weighted by molar-refractivity contribution is 5.91. The molecule has 0 bridgehead atoms. The van der Waals surface area contributed by atoms with Crippen molar-refractivity contribution in [1.29, 1.82) is 0 Å². The number of carbonyl (C=O) groups excluding carboxylic acids is 1. The minimum atomic E-state index is -0.143. The summed E-state index contributed by atoms with van der Waals surface area (Å²) in [5, 5.41) is 2.85. The zero-order valence-corrected chi connectivity index (χ0v) is 13.3. The lowest BCUT2D eigenvalue weighted by Crippen LogP contribution is -2.23. The fraction of sp³-hybridized carbons (Fsp3) is 0.222. The molecule has 0 aliphatic carbocycles. The van der Waals surface area contributed by atoms with Gasteiger partial charge in [-0.2, -0.15) is 0 Å². The van der Waals surface area contributed by atoms with Crippen LogP contribution in [0.2, 0.25) is 0 Å². The summed E-state index contributed by atoms with van der Waals surface area (Å²) >= 11 is 0. The molecule has 23 heavy (non-hydrogen) atoms. The Hall–Kier alpha value is -2.82. The number of nitrogens with one attached hydrogen (secondary N) is 1. The Morgan fingerprint density at radius 3 is 2.83 bits per heavy atom. The highest BCUT2D eigenvalue weighted by Crippen LogP contribution is 2.24. The van der Waals surface area contributed by atoms with E-state index in [2.05, 4.69) is 10.3 Å². The summed E-state index contributed by atoms with van der Waals surface area (Å²) in [6, 6.07) is 9.33. The summed E-state index contributed by atoms with van der Waals surface area (Å²) in [6.07, 6.45) is 7.28. The molecule has 5 heteroatoms. The summed E-state index contributed by atoms with van der Waals surface area (Å²) in [4.78, 5) is 15.8. The van der Waals surface area contributed by atoms with Gasteiger partial charge in [0, 0.05) is 25.0 Å². The average molecular weight is 312 g/mol. The van der Waals surface area contributed by atoms with Gasteiger partial charge in [-0.05, 0) is 47.9 Å². The maximum atomic E-state index is 11.8. The Bertz CT molecular complexity index is 669. The number of hydrogen-bond donors (Lipinski definition) is 1. The van der Waals surface area contributed by atoms with E-state index >= 15 is 0 Å². The zero-order chi connectivity index (χ0) is 16.5. The predicted molar refractivity (Wildman–Crippen MR) is 89.5 cm³/mol. The van der Waals surface area contributed by atoms with E-state index in [4.69, 9.17) is 9.47 Å². The van der Waals surface area contributed by atoms with E-state index in [0.29, 0.717) is 13.0 Å². The number of aromatic nitrogens is 1. The number of amides is 1. The third kappa shape index (κ3) is 5.14. The molecule has 1 aromatic heterocycles. The Kier molecular flexibility index (Phi) is 6.17. The van der Waals surface area contributed by atoms with Crippen LogP contribution in [0.5, 0.6) is 11.5 Å². The fourth-order valence-corrected chi connectivity index (χ4v) is 2.10. The van der Waals surface area contributed by atoms with Crippen LogP contribution in [-0.2, 0) is 11.2 Å². The van der Waals surface area contributed by atoms with Crippen LogP contribution in [0.15, 0.2) is 48.8 Å². The fourth-order valence-electron chi connectivity index (χ4n) is 2.10. The molecule has 0 fully saturated rings. The van der Waals surface area contributed by atoms with Crippen LogP contribution >= 0.6 is 0 Å². The second-order valence-corrected chi connectivity index (χ2v) is 4.84. The Morgan fingerprint density at radius 1 is 1.26 bits per heavy atom. The van der Waals surface area contributed by atoms with Gasteiger partial charge < -0.3 is 14.8 Å². The maximum absolute atomic E-state index is 11.8. The average Bonchev–Trinajstić information content (AvgIpc) is 2.60. The van der Waals surface area contributed by atoms with E-state index in [1.165, 1.54) is 6.08 Å². The molecule has 1 amide bonds. The van der Waals surface area contributed by atoms with Crippen LogP contribution in [0.4, 0.5) is 0 Å². The Morgan fingerprint density at radius 2 is 2.13 bits per heavy atom. The molecule has 0 spiro atoms. The molecule has 1 heterocycles.